The van der Waals surface area contributed by atoms with Crippen LogP contribution in [0.25, 0.3) is 0 Å². The van der Waals surface area contributed by atoms with Gasteiger partial charge in [0.15, 0.2) is 0 Å². The van der Waals surface area contributed by atoms with Gasteiger partial charge in [-0.25, -0.2) is 0 Å². The van der Waals surface area contributed by atoms with E-state index in [2.05, 4.69) is 0 Å². The Hall–Kier alpha value is -3.27. The van der Waals surface area contributed by atoms with Crippen LogP contribution in [0.15, 0.2) is 72.7 Å². The van der Waals surface area contributed by atoms with Crippen LogP contribution in [0.4, 0.5) is 0 Å². The van der Waals surface area contributed by atoms with Gasteiger partial charge in [0, 0.05) is 18.9 Å². The van der Waals surface area contributed by atoms with E-state index in [1.807, 2.05) is 35.2 Å². The summed E-state index contributed by atoms with van der Waals surface area (Å²) in [6.45, 7) is 1.73. The van der Waals surface area contributed by atoms with Gasteiger partial charge < -0.3 is 14.7 Å². The number of phenolic OH excluding ortho intramolecular Hbond substituents is 1. The number of carbonyl (C=O) groups is 1. The number of likely N-dealkylation sites (tertiary alicyclic amines) is 1. The lowest BCUT2D eigenvalue weighted by Gasteiger charge is -2.35. The molecule has 4 nitrogen and oxygen atoms in total. The second-order valence-corrected chi connectivity index (χ2v) is 8.45. The van der Waals surface area contributed by atoms with E-state index in [-0.39, 0.29) is 47.7 Å². The summed E-state index contributed by atoms with van der Waals surface area (Å²) in [7, 11) is 0. The minimum Gasteiger partial charge on any atom is -0.508 e. The van der Waals surface area contributed by atoms with Crippen LogP contribution in [0.5, 0.6) is 11.5 Å². The van der Waals surface area contributed by atoms with E-state index in [1.165, 1.54) is 0 Å². The number of phenols is 1. The van der Waals surface area contributed by atoms with Crippen LogP contribution in [0, 0.1) is 0 Å². The van der Waals surface area contributed by atoms with Gasteiger partial charge in [-0.2, -0.15) is 0 Å². The first-order chi connectivity index (χ1) is 17.8. The summed E-state index contributed by atoms with van der Waals surface area (Å²) in [5, 5.41) is 10.1. The van der Waals surface area contributed by atoms with E-state index >= 15 is 0 Å². The highest BCUT2D eigenvalue weighted by Gasteiger charge is 2.32. The molecule has 0 radical (unpaired) electrons. The summed E-state index contributed by atoms with van der Waals surface area (Å²) in [5.41, 5.74) is 3.22. The Morgan fingerprint density at radius 1 is 1.03 bits per heavy atom. The molecule has 3 aromatic carbocycles. The minimum atomic E-state index is -0.395. The molecule has 1 saturated heterocycles. The van der Waals surface area contributed by atoms with Gasteiger partial charge in [-0.3, -0.25) is 4.79 Å². The van der Waals surface area contributed by atoms with Gasteiger partial charge in [0.25, 0.3) is 0 Å². The zero-order chi connectivity index (χ0) is 26.3. The number of ether oxygens (including phenoxy) is 1. The summed E-state index contributed by atoms with van der Waals surface area (Å²) in [4.78, 5) is 13.6. The maximum absolute atomic E-state index is 11.8. The molecule has 0 saturated carbocycles. The molecule has 4 heteroatoms. The third kappa shape index (κ3) is 4.22. The molecule has 1 fully saturated rings. The highest BCUT2D eigenvalue weighted by Crippen LogP contribution is 2.47. The number of aromatic hydroxyl groups is 1. The van der Waals surface area contributed by atoms with Gasteiger partial charge in [-0.1, -0.05) is 48.4 Å². The normalized spacial score (nSPS) is 22.4. The molecular formula is C28H29NO3. The molecule has 2 aliphatic rings. The van der Waals surface area contributed by atoms with Crippen molar-refractivity contribution >= 4 is 5.91 Å². The molecule has 164 valence electrons. The van der Waals surface area contributed by atoms with Crippen molar-refractivity contribution in [2.24, 2.45) is 0 Å². The van der Waals surface area contributed by atoms with Gasteiger partial charge >= 0.3 is 0 Å². The number of rotatable bonds is 6. The number of amides is 1. The average molecular weight is 433 g/mol. The van der Waals surface area contributed by atoms with Gasteiger partial charge in [0.2, 0.25) is 5.91 Å². The second kappa shape index (κ2) is 9.07. The lowest BCUT2D eigenvalue weighted by molar-refractivity contribution is -0.128. The predicted molar refractivity (Wildman–Crippen MR) is 125 cm³/mol. The maximum atomic E-state index is 11.8. The van der Waals surface area contributed by atoms with Crippen molar-refractivity contribution in [3.8, 4) is 11.5 Å². The number of carbonyl (C=O) groups excluding carboxylic acids is 1. The van der Waals surface area contributed by atoms with E-state index in [0.29, 0.717) is 43.7 Å². The maximum Gasteiger partial charge on any atom is 0.222 e. The minimum absolute atomic E-state index is 0.166. The number of hydrogen-bond donors (Lipinski definition) is 1. The highest BCUT2D eigenvalue weighted by atomic mass is 16.5. The molecule has 3 aromatic rings. The fourth-order valence-electron chi connectivity index (χ4n) is 4.96. The monoisotopic (exact) mass is 432 g/mol. The second-order valence-electron chi connectivity index (χ2n) is 8.45. The number of hydrogen-bond acceptors (Lipinski definition) is 3. The van der Waals surface area contributed by atoms with Crippen LogP contribution >= 0.6 is 0 Å². The first kappa shape index (κ1) is 15.5. The molecule has 2 atom stereocenters. The number of benzene rings is 3. The first-order valence-electron chi connectivity index (χ1n) is 13.7. The molecule has 1 N–H and O–H groups in total. The zero-order valence-electron chi connectivity index (χ0n) is 22.9. The SMILES string of the molecule is [2H]c1c([2H])c([2H])c([C@H]2CCc3cc(O)ccc3[C@H]2c2ccc(OCCN3CCCC3=O)cc2)c([2H])c1[2H]. The van der Waals surface area contributed by atoms with Crippen molar-refractivity contribution in [1.29, 1.82) is 0 Å². The van der Waals surface area contributed by atoms with Gasteiger partial charge in [0.05, 0.1) is 13.4 Å². The van der Waals surface area contributed by atoms with Crippen molar-refractivity contribution in [3.05, 3.63) is 94.9 Å². The fraction of sp³-hybridized carbons (Fsp3) is 0.321. The summed E-state index contributed by atoms with van der Waals surface area (Å²) in [6, 6.07) is 11.5. The number of nitrogens with zero attached hydrogens (tertiary/aromatic N) is 1. The molecule has 0 unspecified atom stereocenters. The van der Waals surface area contributed by atoms with E-state index in [4.69, 9.17) is 11.6 Å². The quantitative estimate of drug-likeness (QED) is 0.578. The van der Waals surface area contributed by atoms with Crippen LogP contribution in [0.1, 0.15) is 60.2 Å². The summed E-state index contributed by atoms with van der Waals surface area (Å²) >= 11 is 0. The van der Waals surface area contributed by atoms with Crippen LogP contribution in [0.2, 0.25) is 0 Å². The van der Waals surface area contributed by atoms with Crippen molar-refractivity contribution in [2.45, 2.75) is 37.5 Å². The molecule has 0 spiro atoms. The van der Waals surface area contributed by atoms with Crippen LogP contribution in [0.3, 0.4) is 0 Å². The van der Waals surface area contributed by atoms with Crippen LogP contribution < -0.4 is 4.74 Å². The summed E-state index contributed by atoms with van der Waals surface area (Å²) < 4.78 is 47.4. The van der Waals surface area contributed by atoms with Gasteiger partial charge in [-0.05, 0) is 71.7 Å². The highest BCUT2D eigenvalue weighted by molar-refractivity contribution is 5.78. The summed E-state index contributed by atoms with van der Waals surface area (Å²) in [6.07, 6.45) is 2.70. The lowest BCUT2D eigenvalue weighted by atomic mass is 9.69. The first-order valence-corrected chi connectivity index (χ1v) is 11.2. The third-order valence-corrected chi connectivity index (χ3v) is 6.52. The molecule has 1 aliphatic heterocycles. The van der Waals surface area contributed by atoms with Crippen LogP contribution in [-0.2, 0) is 11.2 Å². The lowest BCUT2D eigenvalue weighted by Crippen LogP contribution is -2.29. The molecular weight excluding hydrogens is 398 g/mol. The molecule has 0 bridgehead atoms. The standard InChI is InChI=1S/C28H29NO3/c30-23-11-15-26-22(19-23)10-14-25(20-5-2-1-3-6-20)28(26)21-8-12-24(13-9-21)32-18-17-29-16-4-7-27(29)31/h1-3,5-6,8-9,11-13,15,19,25,28,30H,4,7,10,14,16-18H2/t25-,28+/m1/s1/i1D,2D,3D,5D,6D. The molecule has 5 rings (SSSR count). The van der Waals surface area contributed by atoms with Crippen molar-refractivity contribution in [1.82, 2.24) is 4.90 Å². The zero-order valence-corrected chi connectivity index (χ0v) is 17.9. The largest absolute Gasteiger partial charge is 0.508 e. The Morgan fingerprint density at radius 2 is 1.84 bits per heavy atom. The Morgan fingerprint density at radius 3 is 2.59 bits per heavy atom. The molecule has 1 amide bonds. The number of aryl methyl sites for hydroxylation is 1. The topological polar surface area (TPSA) is 49.8 Å². The van der Waals surface area contributed by atoms with E-state index in [1.54, 1.807) is 12.1 Å². The van der Waals surface area contributed by atoms with Gasteiger partial charge in [-0.15, -0.1) is 0 Å². The third-order valence-electron chi connectivity index (χ3n) is 6.52. The Balaban J connectivity index is 1.48. The van der Waals surface area contributed by atoms with Gasteiger partial charge in [0.1, 0.15) is 18.1 Å². The fourth-order valence-corrected chi connectivity index (χ4v) is 4.96. The van der Waals surface area contributed by atoms with Crippen LogP contribution in [-0.4, -0.2) is 35.6 Å². The molecule has 0 aromatic heterocycles. The van der Waals surface area contributed by atoms with Crippen molar-refractivity contribution < 1.29 is 21.5 Å². The van der Waals surface area contributed by atoms with Crippen molar-refractivity contribution in [3.63, 3.8) is 0 Å². The number of fused-ring (bicyclic) bond motifs is 1. The Labute approximate surface area is 196 Å². The Bertz CT molecular complexity index is 1320. The smallest absolute Gasteiger partial charge is 0.222 e. The van der Waals surface area contributed by atoms with E-state index < -0.39 is 6.04 Å². The summed E-state index contributed by atoms with van der Waals surface area (Å²) in [5.74, 6) is 0.429. The predicted octanol–water partition coefficient (Wildman–Crippen LogP) is 5.26. The molecule has 32 heavy (non-hydrogen) atoms. The molecule has 1 heterocycles. The van der Waals surface area contributed by atoms with E-state index in [0.717, 1.165) is 29.7 Å². The molecule has 1 aliphatic carbocycles. The average Bonchev–Trinajstić information content (AvgIpc) is 3.31. The Kier molecular flexibility index (Phi) is 4.40. The van der Waals surface area contributed by atoms with Crippen molar-refractivity contribution in [2.75, 3.05) is 19.7 Å². The van der Waals surface area contributed by atoms with E-state index in [9.17, 15) is 9.90 Å².